The molecule has 0 spiro atoms. The lowest BCUT2D eigenvalue weighted by Gasteiger charge is -2.08. The normalized spacial score (nSPS) is 9.80. The molecule has 2 rings (SSSR count). The summed E-state index contributed by atoms with van der Waals surface area (Å²) in [5.74, 6) is -1.49. The highest BCUT2D eigenvalue weighted by Gasteiger charge is 2.13. The van der Waals surface area contributed by atoms with Crippen LogP contribution >= 0.6 is 0 Å². The summed E-state index contributed by atoms with van der Waals surface area (Å²) in [5, 5.41) is 8.88. The van der Waals surface area contributed by atoms with Crippen molar-refractivity contribution in [2.75, 3.05) is 5.73 Å². The Morgan fingerprint density at radius 2 is 2.20 bits per heavy atom. The lowest BCUT2D eigenvalue weighted by molar-refractivity contribution is 0.100. The summed E-state index contributed by atoms with van der Waals surface area (Å²) < 4.78 is 18.7. The van der Waals surface area contributed by atoms with E-state index in [0.29, 0.717) is 0 Å². The minimum Gasteiger partial charge on any atom is -0.438 e. The molecule has 6 nitrogen and oxygen atoms in total. The number of halogens is 1. The monoisotopic (exact) mass is 272 g/mol. The highest BCUT2D eigenvalue weighted by atomic mass is 19.1. The Labute approximate surface area is 113 Å². The van der Waals surface area contributed by atoms with Gasteiger partial charge in [0.2, 0.25) is 5.88 Å². The van der Waals surface area contributed by atoms with Crippen LogP contribution in [0.25, 0.3) is 0 Å². The van der Waals surface area contributed by atoms with Crippen molar-refractivity contribution in [3.8, 4) is 17.7 Å². The Morgan fingerprint density at radius 3 is 2.85 bits per heavy atom. The average molecular weight is 272 g/mol. The van der Waals surface area contributed by atoms with Crippen molar-refractivity contribution in [1.82, 2.24) is 4.98 Å². The molecule has 2 aromatic rings. The Morgan fingerprint density at radius 1 is 1.45 bits per heavy atom. The number of rotatable bonds is 3. The molecule has 0 radical (unpaired) electrons. The standard InChI is InChI=1S/C13H9FN4O2/c14-9-2-1-3-11(8(9)5-15)20-12-4-7(13(17)19)10(16)6-18-12/h1-4,6H,16H2,(H2,17,19). The van der Waals surface area contributed by atoms with Crippen molar-refractivity contribution in [3.63, 3.8) is 0 Å². The zero-order valence-corrected chi connectivity index (χ0v) is 10.1. The molecular weight excluding hydrogens is 263 g/mol. The van der Waals surface area contributed by atoms with Crippen molar-refractivity contribution < 1.29 is 13.9 Å². The second-order valence-electron chi connectivity index (χ2n) is 3.80. The average Bonchev–Trinajstić information content (AvgIpc) is 2.41. The number of amides is 1. The smallest absolute Gasteiger partial charge is 0.251 e. The van der Waals surface area contributed by atoms with Crippen molar-refractivity contribution in [2.45, 2.75) is 0 Å². The molecule has 1 heterocycles. The minimum atomic E-state index is -0.741. The zero-order valence-electron chi connectivity index (χ0n) is 10.1. The summed E-state index contributed by atoms with van der Waals surface area (Å²) in [6, 6.07) is 6.84. The summed E-state index contributed by atoms with van der Waals surface area (Å²) in [4.78, 5) is 15.0. The first kappa shape index (κ1) is 13.3. The highest BCUT2D eigenvalue weighted by molar-refractivity contribution is 5.98. The van der Waals surface area contributed by atoms with E-state index in [9.17, 15) is 9.18 Å². The summed E-state index contributed by atoms with van der Waals surface area (Å²) in [6.07, 6.45) is 1.20. The number of hydrogen-bond acceptors (Lipinski definition) is 5. The van der Waals surface area contributed by atoms with Crippen molar-refractivity contribution >= 4 is 11.6 Å². The van der Waals surface area contributed by atoms with Gasteiger partial charge in [0.15, 0.2) is 0 Å². The van der Waals surface area contributed by atoms with Gasteiger partial charge in [0, 0.05) is 6.07 Å². The van der Waals surface area contributed by atoms with Crippen molar-refractivity contribution in [2.24, 2.45) is 5.73 Å². The van der Waals surface area contributed by atoms with Crippen LogP contribution in [0.3, 0.4) is 0 Å². The van der Waals surface area contributed by atoms with Gasteiger partial charge in [-0.25, -0.2) is 9.37 Å². The quantitative estimate of drug-likeness (QED) is 0.879. The molecule has 7 heteroatoms. The third-order valence-electron chi connectivity index (χ3n) is 2.48. The van der Waals surface area contributed by atoms with E-state index in [2.05, 4.69) is 4.98 Å². The molecule has 0 bridgehead atoms. The molecule has 0 aliphatic heterocycles. The molecule has 20 heavy (non-hydrogen) atoms. The Hall–Kier alpha value is -3.14. The number of anilines is 1. The maximum atomic E-state index is 13.4. The number of ether oxygens (including phenoxy) is 1. The van der Waals surface area contributed by atoms with Crippen LogP contribution in [0.15, 0.2) is 30.5 Å². The van der Waals surface area contributed by atoms with Crippen LogP contribution in [-0.4, -0.2) is 10.9 Å². The zero-order chi connectivity index (χ0) is 14.7. The molecule has 100 valence electrons. The van der Waals surface area contributed by atoms with Crippen LogP contribution in [-0.2, 0) is 0 Å². The fourth-order valence-corrected chi connectivity index (χ4v) is 1.53. The van der Waals surface area contributed by atoms with E-state index < -0.39 is 11.7 Å². The number of aromatic nitrogens is 1. The molecule has 1 amide bonds. The van der Waals surface area contributed by atoms with Crippen LogP contribution in [0.2, 0.25) is 0 Å². The number of carbonyl (C=O) groups excluding carboxylic acids is 1. The van der Waals surface area contributed by atoms with Crippen molar-refractivity contribution in [3.05, 3.63) is 47.4 Å². The molecule has 0 fully saturated rings. The molecule has 0 saturated heterocycles. The second kappa shape index (κ2) is 5.24. The lowest BCUT2D eigenvalue weighted by atomic mass is 10.2. The van der Waals surface area contributed by atoms with Gasteiger partial charge in [-0.1, -0.05) is 6.07 Å². The third-order valence-corrected chi connectivity index (χ3v) is 2.48. The molecule has 0 atom stereocenters. The van der Waals surface area contributed by atoms with E-state index >= 15 is 0 Å². The first-order valence-corrected chi connectivity index (χ1v) is 5.44. The Bertz CT molecular complexity index is 725. The maximum absolute atomic E-state index is 13.4. The first-order chi connectivity index (χ1) is 9.52. The topological polar surface area (TPSA) is 115 Å². The SMILES string of the molecule is N#Cc1c(F)cccc1Oc1cc(C(N)=O)c(N)cn1. The van der Waals surface area contributed by atoms with E-state index in [1.54, 1.807) is 6.07 Å². The van der Waals surface area contributed by atoms with Crippen LogP contribution in [0.4, 0.5) is 10.1 Å². The van der Waals surface area contributed by atoms with E-state index in [1.807, 2.05) is 0 Å². The number of nitrogen functional groups attached to an aromatic ring is 1. The minimum absolute atomic E-state index is 0.0137. The molecule has 4 N–H and O–H groups in total. The number of nitriles is 1. The lowest BCUT2D eigenvalue weighted by Crippen LogP contribution is -2.14. The first-order valence-electron chi connectivity index (χ1n) is 5.44. The molecule has 1 aromatic carbocycles. The maximum Gasteiger partial charge on any atom is 0.251 e. The van der Waals surface area contributed by atoms with E-state index in [0.717, 1.165) is 6.07 Å². The molecule has 0 aliphatic rings. The number of pyridine rings is 1. The summed E-state index contributed by atoms with van der Waals surface area (Å²) >= 11 is 0. The van der Waals surface area contributed by atoms with Gasteiger partial charge in [-0.15, -0.1) is 0 Å². The predicted octanol–water partition coefficient (Wildman–Crippen LogP) is 1.57. The van der Waals surface area contributed by atoms with Crippen molar-refractivity contribution in [1.29, 1.82) is 5.26 Å². The third kappa shape index (κ3) is 2.49. The van der Waals surface area contributed by atoms with E-state index in [1.165, 1.54) is 24.4 Å². The van der Waals surface area contributed by atoms with Gasteiger partial charge in [0.05, 0.1) is 17.4 Å². The van der Waals surface area contributed by atoms with Crippen LogP contribution in [0.1, 0.15) is 15.9 Å². The van der Waals surface area contributed by atoms with Crippen LogP contribution in [0, 0.1) is 17.1 Å². The second-order valence-corrected chi connectivity index (χ2v) is 3.80. The number of nitrogens with zero attached hydrogens (tertiary/aromatic N) is 2. The van der Waals surface area contributed by atoms with E-state index in [4.69, 9.17) is 21.5 Å². The fraction of sp³-hybridized carbons (Fsp3) is 0. The number of nitrogens with two attached hydrogens (primary N) is 2. The van der Waals surface area contributed by atoms with Gasteiger partial charge < -0.3 is 16.2 Å². The van der Waals surface area contributed by atoms with Crippen LogP contribution < -0.4 is 16.2 Å². The van der Waals surface area contributed by atoms with Gasteiger partial charge in [0.1, 0.15) is 23.2 Å². The Balaban J connectivity index is 2.41. The highest BCUT2D eigenvalue weighted by Crippen LogP contribution is 2.26. The van der Waals surface area contributed by atoms with Gasteiger partial charge in [-0.05, 0) is 12.1 Å². The van der Waals surface area contributed by atoms with Crippen LogP contribution in [0.5, 0.6) is 11.6 Å². The molecule has 0 aliphatic carbocycles. The molecular formula is C13H9FN4O2. The Kier molecular flexibility index (Phi) is 3.48. The predicted molar refractivity (Wildman–Crippen MR) is 68.4 cm³/mol. The molecule has 0 saturated carbocycles. The summed E-state index contributed by atoms with van der Waals surface area (Å²) in [6.45, 7) is 0. The van der Waals surface area contributed by atoms with Gasteiger partial charge in [0.25, 0.3) is 5.91 Å². The molecule has 1 aromatic heterocycles. The number of benzene rings is 1. The largest absolute Gasteiger partial charge is 0.438 e. The fourth-order valence-electron chi connectivity index (χ4n) is 1.53. The van der Waals surface area contributed by atoms with E-state index in [-0.39, 0.29) is 28.4 Å². The number of hydrogen-bond donors (Lipinski definition) is 2. The van der Waals surface area contributed by atoms with Gasteiger partial charge in [-0.3, -0.25) is 4.79 Å². The number of carbonyl (C=O) groups is 1. The van der Waals surface area contributed by atoms with Gasteiger partial charge in [-0.2, -0.15) is 5.26 Å². The number of primary amides is 1. The summed E-state index contributed by atoms with van der Waals surface area (Å²) in [5.41, 5.74) is 10.6. The molecule has 0 unspecified atom stereocenters. The summed E-state index contributed by atoms with van der Waals surface area (Å²) in [7, 11) is 0. The van der Waals surface area contributed by atoms with Gasteiger partial charge >= 0.3 is 0 Å².